The minimum atomic E-state index is -0.341. The van der Waals surface area contributed by atoms with Gasteiger partial charge in [0.1, 0.15) is 24.2 Å². The Morgan fingerprint density at radius 1 is 1.31 bits per heavy atom. The number of guanidine groups is 1. The van der Waals surface area contributed by atoms with Crippen molar-refractivity contribution in [1.82, 2.24) is 16.0 Å². The van der Waals surface area contributed by atoms with Crippen molar-refractivity contribution in [3.8, 4) is 5.75 Å². The Kier molecular flexibility index (Phi) is 13.6. The highest BCUT2D eigenvalue weighted by Gasteiger charge is 2.07. The normalized spacial score (nSPS) is 11.9. The third kappa shape index (κ3) is 11.1. The van der Waals surface area contributed by atoms with Gasteiger partial charge in [0.2, 0.25) is 5.91 Å². The molecule has 1 aromatic rings. The van der Waals surface area contributed by atoms with E-state index in [-0.39, 0.29) is 48.3 Å². The highest BCUT2D eigenvalue weighted by Crippen LogP contribution is 2.13. The van der Waals surface area contributed by atoms with E-state index >= 15 is 0 Å². The van der Waals surface area contributed by atoms with Crippen molar-refractivity contribution >= 4 is 35.8 Å². The number of benzene rings is 1. The third-order valence-electron chi connectivity index (χ3n) is 3.04. The molecule has 0 aliphatic rings. The molecule has 0 saturated carbocycles. The number of methoxy groups -OCH3 is 1. The summed E-state index contributed by atoms with van der Waals surface area (Å²) >= 11 is 0. The first kappa shape index (κ1) is 24.4. The molecule has 0 fully saturated rings. The van der Waals surface area contributed by atoms with E-state index in [1.807, 2.05) is 13.8 Å². The van der Waals surface area contributed by atoms with Gasteiger partial charge in [-0.1, -0.05) is 6.07 Å². The van der Waals surface area contributed by atoms with Gasteiger partial charge in [-0.2, -0.15) is 0 Å². The number of hydrogen-bond donors (Lipinski definition) is 3. The number of halogens is 2. The number of amides is 1. The van der Waals surface area contributed by atoms with Gasteiger partial charge < -0.3 is 25.4 Å². The van der Waals surface area contributed by atoms with Crippen molar-refractivity contribution in [3.05, 3.63) is 30.1 Å². The lowest BCUT2D eigenvalue weighted by Gasteiger charge is -2.17. The number of ether oxygens (including phenoxy) is 2. The molecule has 0 aliphatic carbocycles. The molecular weight excluding hydrogens is 454 g/mol. The number of carbonyl (C=O) groups excluding carboxylic acids is 1. The van der Waals surface area contributed by atoms with Crippen LogP contribution in [0.4, 0.5) is 4.39 Å². The molecule has 0 radical (unpaired) electrons. The molecule has 0 aromatic heterocycles. The molecule has 0 aliphatic heterocycles. The number of carbonyl (C=O) groups is 1. The number of rotatable bonds is 10. The van der Waals surface area contributed by atoms with E-state index in [1.165, 1.54) is 12.1 Å². The maximum atomic E-state index is 13.1. The minimum Gasteiger partial charge on any atom is -0.489 e. The molecule has 0 heterocycles. The molecule has 1 atom stereocenters. The summed E-state index contributed by atoms with van der Waals surface area (Å²) in [5.74, 6) is 0.457. The number of aliphatic imine (C=N–C) groups is 1. The summed E-state index contributed by atoms with van der Waals surface area (Å²) < 4.78 is 23.7. The number of nitrogens with zero attached hydrogens (tertiary/aromatic N) is 1. The maximum absolute atomic E-state index is 13.1. The van der Waals surface area contributed by atoms with Gasteiger partial charge in [0.15, 0.2) is 5.96 Å². The highest BCUT2D eigenvalue weighted by atomic mass is 127. The summed E-state index contributed by atoms with van der Waals surface area (Å²) in [4.78, 5) is 15.9. The fourth-order valence-corrected chi connectivity index (χ4v) is 1.90. The second-order valence-electron chi connectivity index (χ2n) is 5.30. The fourth-order valence-electron chi connectivity index (χ4n) is 1.90. The van der Waals surface area contributed by atoms with Gasteiger partial charge in [-0.25, -0.2) is 9.38 Å². The molecular formula is C17H28FIN4O3. The van der Waals surface area contributed by atoms with E-state index in [2.05, 4.69) is 20.9 Å². The Hall–Kier alpha value is -1.62. The predicted molar refractivity (Wildman–Crippen MR) is 111 cm³/mol. The predicted octanol–water partition coefficient (Wildman–Crippen LogP) is 1.53. The van der Waals surface area contributed by atoms with Crippen molar-refractivity contribution < 1.29 is 18.7 Å². The van der Waals surface area contributed by atoms with Crippen molar-refractivity contribution in [2.24, 2.45) is 4.99 Å². The van der Waals surface area contributed by atoms with Crippen LogP contribution in [0.1, 0.15) is 13.8 Å². The molecule has 3 N–H and O–H groups in total. The standard InChI is InChI=1S/C17H27FN4O3.HI/c1-4-19-17(22-12-16(23)20-8-9-24-3)21-11-13(2)25-15-7-5-6-14(18)10-15;/h5-7,10,13H,4,8-9,11-12H2,1-3H3,(H,20,23)(H2,19,21,22);1H. The quantitative estimate of drug-likeness (QED) is 0.204. The highest BCUT2D eigenvalue weighted by molar-refractivity contribution is 14.0. The first-order chi connectivity index (χ1) is 12.0. The molecule has 148 valence electrons. The summed E-state index contributed by atoms with van der Waals surface area (Å²) in [5.41, 5.74) is 0. The van der Waals surface area contributed by atoms with E-state index in [1.54, 1.807) is 19.2 Å². The average Bonchev–Trinajstić information content (AvgIpc) is 2.57. The zero-order valence-electron chi connectivity index (χ0n) is 15.4. The van der Waals surface area contributed by atoms with Crippen LogP contribution in [0.5, 0.6) is 5.75 Å². The molecule has 0 saturated heterocycles. The second-order valence-corrected chi connectivity index (χ2v) is 5.30. The van der Waals surface area contributed by atoms with Crippen molar-refractivity contribution in [3.63, 3.8) is 0 Å². The molecule has 26 heavy (non-hydrogen) atoms. The molecule has 0 bridgehead atoms. The van der Waals surface area contributed by atoms with Crippen LogP contribution in [0, 0.1) is 5.82 Å². The Balaban J connectivity index is 0.00000625. The van der Waals surface area contributed by atoms with Crippen LogP contribution in [0.25, 0.3) is 0 Å². The second kappa shape index (κ2) is 14.5. The molecule has 1 aromatic carbocycles. The van der Waals surface area contributed by atoms with Crippen molar-refractivity contribution in [2.45, 2.75) is 20.0 Å². The van der Waals surface area contributed by atoms with Crippen LogP contribution in [-0.2, 0) is 9.53 Å². The van der Waals surface area contributed by atoms with Crippen LogP contribution in [0.2, 0.25) is 0 Å². The summed E-state index contributed by atoms with van der Waals surface area (Å²) in [6, 6.07) is 5.99. The van der Waals surface area contributed by atoms with Gasteiger partial charge in [-0.05, 0) is 26.0 Å². The van der Waals surface area contributed by atoms with Crippen LogP contribution in [-0.4, -0.2) is 57.9 Å². The number of hydrogen-bond acceptors (Lipinski definition) is 4. The minimum absolute atomic E-state index is 0. The zero-order valence-corrected chi connectivity index (χ0v) is 17.7. The fraction of sp³-hybridized carbons (Fsp3) is 0.529. The Labute approximate surface area is 171 Å². The Bertz CT molecular complexity index is 561. The monoisotopic (exact) mass is 482 g/mol. The van der Waals surface area contributed by atoms with Gasteiger partial charge in [-0.15, -0.1) is 24.0 Å². The van der Waals surface area contributed by atoms with Crippen LogP contribution < -0.4 is 20.7 Å². The zero-order chi connectivity index (χ0) is 18.5. The van der Waals surface area contributed by atoms with Gasteiger partial charge in [0.25, 0.3) is 0 Å². The van der Waals surface area contributed by atoms with Crippen LogP contribution in [0.15, 0.2) is 29.3 Å². The van der Waals surface area contributed by atoms with Crippen molar-refractivity contribution in [2.75, 3.05) is 39.9 Å². The van der Waals surface area contributed by atoms with Gasteiger partial charge in [0, 0.05) is 26.3 Å². The average molecular weight is 482 g/mol. The first-order valence-corrected chi connectivity index (χ1v) is 8.25. The van der Waals surface area contributed by atoms with E-state index in [0.717, 1.165) is 0 Å². The SMILES string of the molecule is CCNC(=NCC(=O)NCCOC)NCC(C)Oc1cccc(F)c1.I. The van der Waals surface area contributed by atoms with Crippen LogP contribution >= 0.6 is 24.0 Å². The van der Waals surface area contributed by atoms with E-state index in [4.69, 9.17) is 9.47 Å². The van der Waals surface area contributed by atoms with Gasteiger partial charge in [0.05, 0.1) is 13.2 Å². The molecule has 0 spiro atoms. The Morgan fingerprint density at radius 2 is 2.08 bits per heavy atom. The summed E-state index contributed by atoms with van der Waals surface area (Å²) in [5, 5.41) is 8.84. The smallest absolute Gasteiger partial charge is 0.241 e. The topological polar surface area (TPSA) is 84.0 Å². The lowest BCUT2D eigenvalue weighted by Crippen LogP contribution is -2.42. The summed E-state index contributed by atoms with van der Waals surface area (Å²) in [7, 11) is 1.57. The van der Waals surface area contributed by atoms with E-state index in [9.17, 15) is 9.18 Å². The van der Waals surface area contributed by atoms with Gasteiger partial charge in [-0.3, -0.25) is 4.79 Å². The molecule has 1 amide bonds. The maximum Gasteiger partial charge on any atom is 0.241 e. The molecule has 1 unspecified atom stereocenters. The first-order valence-electron chi connectivity index (χ1n) is 8.25. The van der Waals surface area contributed by atoms with E-state index < -0.39 is 0 Å². The van der Waals surface area contributed by atoms with Gasteiger partial charge >= 0.3 is 0 Å². The number of nitrogens with one attached hydrogen (secondary N) is 3. The lowest BCUT2D eigenvalue weighted by atomic mass is 10.3. The summed E-state index contributed by atoms with van der Waals surface area (Å²) in [6.07, 6.45) is -0.207. The molecule has 7 nitrogen and oxygen atoms in total. The summed E-state index contributed by atoms with van der Waals surface area (Å²) in [6.45, 7) is 5.83. The van der Waals surface area contributed by atoms with Crippen LogP contribution in [0.3, 0.4) is 0 Å². The Morgan fingerprint density at radius 3 is 2.73 bits per heavy atom. The third-order valence-corrected chi connectivity index (χ3v) is 3.04. The molecule has 1 rings (SSSR count). The largest absolute Gasteiger partial charge is 0.489 e. The molecule has 9 heteroatoms. The lowest BCUT2D eigenvalue weighted by molar-refractivity contribution is -0.119. The van der Waals surface area contributed by atoms with E-state index in [0.29, 0.717) is 38.0 Å². The van der Waals surface area contributed by atoms with Crippen molar-refractivity contribution in [1.29, 1.82) is 0 Å².